The number of rotatable bonds is 9. The number of benzene rings is 1. The SMILES string of the molecule is C=C(c1c[nH]c2c1=CCCC=2)C(Nc1cc(C)cc(CCCN2CCCC2)c1)c1nc2c(s1)C=CCC=C2. The first-order chi connectivity index (χ1) is 18.6. The fourth-order valence-corrected chi connectivity index (χ4v) is 7.01. The Hall–Kier alpha value is -3.15. The number of aromatic amines is 1. The molecule has 3 heterocycles. The number of aryl methyl sites for hydroxylation is 2. The van der Waals surface area contributed by atoms with Crippen molar-refractivity contribution in [3.05, 3.63) is 86.0 Å². The van der Waals surface area contributed by atoms with Crippen LogP contribution in [0.15, 0.2) is 43.1 Å². The van der Waals surface area contributed by atoms with Crippen LogP contribution < -0.4 is 15.9 Å². The number of hydrogen-bond acceptors (Lipinski definition) is 4. The highest BCUT2D eigenvalue weighted by atomic mass is 32.1. The van der Waals surface area contributed by atoms with Crippen molar-refractivity contribution in [1.82, 2.24) is 14.9 Å². The molecule has 3 aliphatic rings. The van der Waals surface area contributed by atoms with Gasteiger partial charge in [-0.15, -0.1) is 11.3 Å². The maximum atomic E-state index is 5.11. The molecule has 1 unspecified atom stereocenters. The smallest absolute Gasteiger partial charge is 0.121 e. The van der Waals surface area contributed by atoms with Crippen molar-refractivity contribution in [3.63, 3.8) is 0 Å². The highest BCUT2D eigenvalue weighted by Gasteiger charge is 2.24. The summed E-state index contributed by atoms with van der Waals surface area (Å²) in [6.45, 7) is 10.6. The molecule has 6 rings (SSSR count). The maximum Gasteiger partial charge on any atom is 0.121 e. The third-order valence-electron chi connectivity index (χ3n) is 7.86. The summed E-state index contributed by atoms with van der Waals surface area (Å²) in [6.07, 6.45) is 23.7. The molecule has 0 amide bonds. The second kappa shape index (κ2) is 11.3. The van der Waals surface area contributed by atoms with E-state index >= 15 is 0 Å². The van der Waals surface area contributed by atoms with E-state index in [9.17, 15) is 0 Å². The summed E-state index contributed by atoms with van der Waals surface area (Å²) in [7, 11) is 0. The normalized spacial score (nSPS) is 17.3. The van der Waals surface area contributed by atoms with Gasteiger partial charge in [0.25, 0.3) is 0 Å². The summed E-state index contributed by atoms with van der Waals surface area (Å²) in [5, 5.41) is 7.42. The number of hydrogen-bond donors (Lipinski definition) is 2. The van der Waals surface area contributed by atoms with Crippen molar-refractivity contribution in [1.29, 1.82) is 0 Å². The van der Waals surface area contributed by atoms with Crippen LogP contribution in [0.25, 0.3) is 29.9 Å². The minimum atomic E-state index is -0.108. The quantitative estimate of drug-likeness (QED) is 0.339. The number of nitrogens with one attached hydrogen (secondary N) is 2. The Balaban J connectivity index is 1.30. The lowest BCUT2D eigenvalue weighted by atomic mass is 9.98. The molecular weight excluding hydrogens is 484 g/mol. The number of allylic oxidation sites excluding steroid dienone is 2. The predicted octanol–water partition coefficient (Wildman–Crippen LogP) is 6.46. The van der Waals surface area contributed by atoms with Crippen LogP contribution in [0.1, 0.15) is 76.8 Å². The summed E-state index contributed by atoms with van der Waals surface area (Å²) in [4.78, 5) is 12.4. The van der Waals surface area contributed by atoms with Gasteiger partial charge in [0.05, 0.1) is 10.6 Å². The van der Waals surface area contributed by atoms with Gasteiger partial charge in [0.2, 0.25) is 0 Å². The van der Waals surface area contributed by atoms with Gasteiger partial charge >= 0.3 is 0 Å². The highest BCUT2D eigenvalue weighted by molar-refractivity contribution is 7.13. The Bertz CT molecular complexity index is 1470. The number of nitrogens with zero attached hydrogens (tertiary/aromatic N) is 2. The molecule has 3 aromatic rings. The van der Waals surface area contributed by atoms with Crippen LogP contribution in [-0.4, -0.2) is 34.5 Å². The second-order valence-corrected chi connectivity index (χ2v) is 11.9. The molecule has 196 valence electrons. The summed E-state index contributed by atoms with van der Waals surface area (Å²) in [5.74, 6) is 0. The first-order valence-electron chi connectivity index (χ1n) is 14.1. The zero-order valence-corrected chi connectivity index (χ0v) is 23.2. The van der Waals surface area contributed by atoms with Crippen LogP contribution in [0, 0.1) is 6.92 Å². The van der Waals surface area contributed by atoms with Crippen LogP contribution in [0.4, 0.5) is 5.69 Å². The molecule has 4 nitrogen and oxygen atoms in total. The van der Waals surface area contributed by atoms with Crippen molar-refractivity contribution < 1.29 is 0 Å². The number of aromatic nitrogens is 2. The summed E-state index contributed by atoms with van der Waals surface area (Å²) in [5.41, 5.74) is 7.13. The molecule has 38 heavy (non-hydrogen) atoms. The minimum Gasteiger partial charge on any atom is -0.372 e. The fraction of sp³-hybridized carbons (Fsp3) is 0.364. The van der Waals surface area contributed by atoms with Crippen LogP contribution >= 0.6 is 11.3 Å². The van der Waals surface area contributed by atoms with Gasteiger partial charge in [-0.1, -0.05) is 36.9 Å². The van der Waals surface area contributed by atoms with E-state index in [4.69, 9.17) is 4.98 Å². The standard InChI is InChI=1S/C33H38N4S/c1-23-19-25(11-10-18-37-16-8-9-17-37)21-26(20-23)35-32(33-36-30-14-4-3-5-15-31(30)38-33)24(2)28-22-34-29-13-7-6-12-27(28)29/h4-5,12-15,19-22,32,34-35H,2-3,6-11,16-18H2,1H3. The molecule has 1 saturated heterocycles. The van der Waals surface area contributed by atoms with Crippen LogP contribution in [-0.2, 0) is 6.42 Å². The number of fused-ring (bicyclic) bond motifs is 2. The second-order valence-electron chi connectivity index (χ2n) is 10.8. The van der Waals surface area contributed by atoms with E-state index < -0.39 is 0 Å². The van der Waals surface area contributed by atoms with Gasteiger partial charge in [0, 0.05) is 28.0 Å². The third kappa shape index (κ3) is 5.50. The maximum absolute atomic E-state index is 5.11. The zero-order valence-electron chi connectivity index (χ0n) is 22.4. The molecule has 2 aromatic heterocycles. The van der Waals surface area contributed by atoms with E-state index in [1.54, 1.807) is 11.3 Å². The molecule has 1 atom stereocenters. The molecule has 1 aliphatic heterocycles. The molecule has 1 aromatic carbocycles. The largest absolute Gasteiger partial charge is 0.372 e. The van der Waals surface area contributed by atoms with Crippen molar-refractivity contribution in [2.45, 2.75) is 57.9 Å². The number of H-pyrrole nitrogens is 1. The Morgan fingerprint density at radius 3 is 2.87 bits per heavy atom. The third-order valence-corrected chi connectivity index (χ3v) is 8.96. The predicted molar refractivity (Wildman–Crippen MR) is 164 cm³/mol. The van der Waals surface area contributed by atoms with Crippen LogP contribution in [0.5, 0.6) is 0 Å². The Labute approximate surface area is 230 Å². The molecule has 0 spiro atoms. The van der Waals surface area contributed by atoms with Gasteiger partial charge < -0.3 is 15.2 Å². The van der Waals surface area contributed by atoms with Gasteiger partial charge in [0.1, 0.15) is 11.0 Å². The minimum absolute atomic E-state index is 0.108. The Morgan fingerprint density at radius 1 is 1.13 bits per heavy atom. The van der Waals surface area contributed by atoms with Gasteiger partial charge in [0.15, 0.2) is 0 Å². The molecule has 1 fully saturated rings. The lowest BCUT2D eigenvalue weighted by Crippen LogP contribution is -2.28. The topological polar surface area (TPSA) is 44.0 Å². The van der Waals surface area contributed by atoms with Crippen molar-refractivity contribution in [2.24, 2.45) is 0 Å². The lowest BCUT2D eigenvalue weighted by molar-refractivity contribution is 0.334. The van der Waals surface area contributed by atoms with E-state index in [0.717, 1.165) is 47.6 Å². The lowest BCUT2D eigenvalue weighted by Gasteiger charge is -2.21. The van der Waals surface area contributed by atoms with Crippen LogP contribution in [0.2, 0.25) is 0 Å². The highest BCUT2D eigenvalue weighted by Crippen LogP contribution is 2.36. The average Bonchev–Trinajstić information content (AvgIpc) is 3.65. The number of anilines is 1. The average molecular weight is 523 g/mol. The molecule has 2 N–H and O–H groups in total. The van der Waals surface area contributed by atoms with E-state index in [1.165, 1.54) is 71.0 Å². The Morgan fingerprint density at radius 2 is 1.97 bits per heavy atom. The number of likely N-dealkylation sites (tertiary alicyclic amines) is 1. The summed E-state index contributed by atoms with van der Waals surface area (Å²) < 4.78 is 0. The molecule has 5 heteroatoms. The van der Waals surface area contributed by atoms with Crippen molar-refractivity contribution >= 4 is 46.9 Å². The molecular formula is C33H38N4S. The van der Waals surface area contributed by atoms with Gasteiger partial charge in [-0.3, -0.25) is 0 Å². The molecule has 0 bridgehead atoms. The molecule has 0 saturated carbocycles. The zero-order chi connectivity index (χ0) is 25.9. The van der Waals surface area contributed by atoms with Crippen molar-refractivity contribution in [2.75, 3.05) is 25.0 Å². The van der Waals surface area contributed by atoms with Crippen LogP contribution in [0.3, 0.4) is 0 Å². The van der Waals surface area contributed by atoms with E-state index in [2.05, 4.69) is 89.6 Å². The van der Waals surface area contributed by atoms with E-state index in [1.807, 2.05) is 0 Å². The van der Waals surface area contributed by atoms with E-state index in [0.29, 0.717) is 0 Å². The monoisotopic (exact) mass is 522 g/mol. The van der Waals surface area contributed by atoms with Gasteiger partial charge in [-0.2, -0.15) is 0 Å². The Kier molecular flexibility index (Phi) is 7.48. The summed E-state index contributed by atoms with van der Waals surface area (Å²) in [6, 6.07) is 6.83. The first-order valence-corrected chi connectivity index (χ1v) is 15.0. The fourth-order valence-electron chi connectivity index (χ4n) is 5.94. The number of thiazole rings is 1. The van der Waals surface area contributed by atoms with Gasteiger partial charge in [-0.05, 0) is 112 Å². The molecule has 0 radical (unpaired) electrons. The first kappa shape index (κ1) is 25.1. The van der Waals surface area contributed by atoms with Gasteiger partial charge in [-0.25, -0.2) is 4.98 Å². The summed E-state index contributed by atoms with van der Waals surface area (Å²) >= 11 is 1.77. The molecule has 2 aliphatic carbocycles. The van der Waals surface area contributed by atoms with E-state index in [-0.39, 0.29) is 6.04 Å². The van der Waals surface area contributed by atoms with Crippen molar-refractivity contribution in [3.8, 4) is 0 Å².